The fourth-order valence-electron chi connectivity index (χ4n) is 1.67. The lowest BCUT2D eigenvalue weighted by molar-refractivity contribution is 0.0953. The van der Waals surface area contributed by atoms with E-state index in [1.165, 1.54) is 12.3 Å². The first-order valence-electron chi connectivity index (χ1n) is 5.83. The van der Waals surface area contributed by atoms with Crippen LogP contribution in [0.2, 0.25) is 0 Å². The van der Waals surface area contributed by atoms with Crippen LogP contribution in [-0.4, -0.2) is 12.1 Å². The maximum absolute atomic E-state index is 12.9. The Morgan fingerprint density at radius 2 is 2.00 bits per heavy atom. The Kier molecular flexibility index (Phi) is 3.93. The van der Waals surface area contributed by atoms with Gasteiger partial charge >= 0.3 is 0 Å². The third-order valence-electron chi connectivity index (χ3n) is 2.61. The van der Waals surface area contributed by atoms with Crippen molar-refractivity contribution in [3.8, 4) is 0 Å². The van der Waals surface area contributed by atoms with E-state index in [1.54, 1.807) is 19.9 Å². The van der Waals surface area contributed by atoms with Gasteiger partial charge in [-0.2, -0.15) is 5.10 Å². The molecular weight excluding hydrogens is 266 g/mol. The van der Waals surface area contributed by atoms with Crippen molar-refractivity contribution in [2.24, 2.45) is 5.10 Å². The van der Waals surface area contributed by atoms with Crippen molar-refractivity contribution in [3.05, 3.63) is 58.5 Å². The molecule has 0 saturated carbocycles. The van der Waals surface area contributed by atoms with Crippen molar-refractivity contribution >= 4 is 12.1 Å². The zero-order valence-electron chi connectivity index (χ0n) is 10.9. The smallest absolute Gasteiger partial charge is 0.274 e. The van der Waals surface area contributed by atoms with Crippen LogP contribution in [-0.2, 0) is 0 Å². The number of aryl methyl sites for hydroxylation is 2. The molecule has 1 aromatic carbocycles. The van der Waals surface area contributed by atoms with Crippen LogP contribution in [0.1, 0.15) is 27.4 Å². The molecule has 0 saturated heterocycles. The summed E-state index contributed by atoms with van der Waals surface area (Å²) in [7, 11) is 0. The minimum atomic E-state index is -0.971. The lowest BCUT2D eigenvalue weighted by Gasteiger charge is -1.98. The zero-order valence-corrected chi connectivity index (χ0v) is 10.9. The summed E-state index contributed by atoms with van der Waals surface area (Å²) in [5.74, 6) is -1.23. The average molecular weight is 278 g/mol. The van der Waals surface area contributed by atoms with Crippen LogP contribution in [0.4, 0.5) is 8.78 Å². The molecule has 0 atom stereocenters. The van der Waals surface area contributed by atoms with E-state index in [0.29, 0.717) is 22.6 Å². The van der Waals surface area contributed by atoms with Gasteiger partial charge in [0.15, 0.2) is 11.6 Å². The quantitative estimate of drug-likeness (QED) is 0.693. The molecule has 0 radical (unpaired) electrons. The number of halogens is 2. The highest BCUT2D eigenvalue weighted by Crippen LogP contribution is 2.13. The van der Waals surface area contributed by atoms with Gasteiger partial charge in [-0.25, -0.2) is 14.2 Å². The third kappa shape index (κ3) is 3.09. The predicted molar refractivity (Wildman–Crippen MR) is 69.6 cm³/mol. The number of hydrogen-bond acceptors (Lipinski definition) is 3. The van der Waals surface area contributed by atoms with E-state index in [-0.39, 0.29) is 0 Å². The summed E-state index contributed by atoms with van der Waals surface area (Å²) in [6.07, 6.45) is 1.22. The Morgan fingerprint density at radius 3 is 2.60 bits per heavy atom. The summed E-state index contributed by atoms with van der Waals surface area (Å²) in [5.41, 5.74) is 3.01. The number of carbonyl (C=O) groups excluding carboxylic acids is 1. The van der Waals surface area contributed by atoms with Gasteiger partial charge in [0.2, 0.25) is 0 Å². The molecule has 4 nitrogen and oxygen atoms in total. The van der Waals surface area contributed by atoms with Gasteiger partial charge < -0.3 is 4.42 Å². The lowest BCUT2D eigenvalue weighted by Crippen LogP contribution is -2.17. The molecule has 20 heavy (non-hydrogen) atoms. The Labute approximate surface area is 114 Å². The Morgan fingerprint density at radius 1 is 1.25 bits per heavy atom. The van der Waals surface area contributed by atoms with E-state index in [9.17, 15) is 13.6 Å². The first-order valence-corrected chi connectivity index (χ1v) is 5.83. The Bertz CT molecular complexity index is 678. The molecule has 0 bridgehead atoms. The van der Waals surface area contributed by atoms with Crippen LogP contribution in [0.15, 0.2) is 33.8 Å². The number of amides is 1. The summed E-state index contributed by atoms with van der Waals surface area (Å²) < 4.78 is 30.9. The van der Waals surface area contributed by atoms with Crippen molar-refractivity contribution in [2.75, 3.05) is 0 Å². The average Bonchev–Trinajstić information content (AvgIpc) is 2.73. The van der Waals surface area contributed by atoms with Gasteiger partial charge in [0.25, 0.3) is 5.91 Å². The molecule has 1 amide bonds. The molecular formula is C14H12F2N2O2. The van der Waals surface area contributed by atoms with Crippen molar-refractivity contribution in [3.63, 3.8) is 0 Å². The maximum atomic E-state index is 12.9. The normalized spacial score (nSPS) is 11.0. The van der Waals surface area contributed by atoms with Crippen LogP contribution in [0, 0.1) is 25.5 Å². The van der Waals surface area contributed by atoms with Crippen molar-refractivity contribution in [1.82, 2.24) is 5.43 Å². The molecule has 0 aliphatic heterocycles. The summed E-state index contributed by atoms with van der Waals surface area (Å²) in [4.78, 5) is 11.8. The van der Waals surface area contributed by atoms with E-state index >= 15 is 0 Å². The fourth-order valence-corrected chi connectivity index (χ4v) is 1.67. The number of nitrogens with one attached hydrogen (secondary N) is 1. The first kappa shape index (κ1) is 13.9. The molecule has 0 aliphatic rings. The third-order valence-corrected chi connectivity index (χ3v) is 2.61. The van der Waals surface area contributed by atoms with E-state index < -0.39 is 17.5 Å². The topological polar surface area (TPSA) is 54.6 Å². The summed E-state index contributed by atoms with van der Waals surface area (Å²) in [6.45, 7) is 3.40. The number of hydrogen-bond donors (Lipinski definition) is 1. The molecule has 0 fully saturated rings. The first-order chi connectivity index (χ1) is 9.47. The van der Waals surface area contributed by atoms with Crippen LogP contribution in [0.5, 0.6) is 0 Å². The molecule has 2 aromatic rings. The summed E-state index contributed by atoms with van der Waals surface area (Å²) in [5, 5.41) is 3.68. The molecule has 1 aromatic heterocycles. The van der Waals surface area contributed by atoms with Gasteiger partial charge in [-0.3, -0.25) is 4.79 Å². The second-order valence-electron chi connectivity index (χ2n) is 4.20. The van der Waals surface area contributed by atoms with Crippen LogP contribution >= 0.6 is 0 Å². The monoisotopic (exact) mass is 278 g/mol. The second-order valence-corrected chi connectivity index (χ2v) is 4.20. The number of furan rings is 1. The van der Waals surface area contributed by atoms with Gasteiger partial charge in [0.05, 0.1) is 11.8 Å². The van der Waals surface area contributed by atoms with Gasteiger partial charge in [-0.05, 0) is 37.6 Å². The molecule has 1 heterocycles. The molecule has 0 spiro atoms. The molecule has 0 aliphatic carbocycles. The minimum absolute atomic E-state index is 0.337. The van der Waals surface area contributed by atoms with Crippen molar-refractivity contribution in [2.45, 2.75) is 13.8 Å². The maximum Gasteiger partial charge on any atom is 0.274 e. The van der Waals surface area contributed by atoms with Gasteiger partial charge in [0.1, 0.15) is 11.5 Å². The Balaban J connectivity index is 2.04. The highest BCUT2D eigenvalue weighted by molar-refractivity contribution is 5.95. The SMILES string of the molecule is Cc1cc(C(=O)N/N=C\c2ccc(F)c(F)c2)c(C)o1. The van der Waals surface area contributed by atoms with E-state index in [0.717, 1.165) is 12.1 Å². The summed E-state index contributed by atoms with van der Waals surface area (Å²) >= 11 is 0. The van der Waals surface area contributed by atoms with E-state index in [4.69, 9.17) is 4.42 Å². The molecule has 104 valence electrons. The van der Waals surface area contributed by atoms with Gasteiger partial charge in [-0.1, -0.05) is 6.07 Å². The predicted octanol–water partition coefficient (Wildman–Crippen LogP) is 2.94. The molecule has 2 rings (SSSR count). The summed E-state index contributed by atoms with van der Waals surface area (Å²) in [6, 6.07) is 4.92. The van der Waals surface area contributed by atoms with E-state index in [1.807, 2.05) is 0 Å². The number of hydrazone groups is 1. The van der Waals surface area contributed by atoms with Gasteiger partial charge in [0, 0.05) is 0 Å². The molecule has 1 N–H and O–H groups in total. The minimum Gasteiger partial charge on any atom is -0.466 e. The highest BCUT2D eigenvalue weighted by Gasteiger charge is 2.12. The molecule has 0 unspecified atom stereocenters. The van der Waals surface area contributed by atoms with Crippen LogP contribution < -0.4 is 5.43 Å². The van der Waals surface area contributed by atoms with Gasteiger partial charge in [-0.15, -0.1) is 0 Å². The van der Waals surface area contributed by atoms with E-state index in [2.05, 4.69) is 10.5 Å². The Hall–Kier alpha value is -2.50. The zero-order chi connectivity index (χ0) is 14.7. The number of benzene rings is 1. The molecule has 6 heteroatoms. The van der Waals surface area contributed by atoms with Crippen molar-refractivity contribution in [1.29, 1.82) is 0 Å². The largest absolute Gasteiger partial charge is 0.466 e. The number of nitrogens with zero attached hydrogens (tertiary/aromatic N) is 1. The second kappa shape index (κ2) is 5.64. The number of carbonyl (C=O) groups is 1. The van der Waals surface area contributed by atoms with Crippen LogP contribution in [0.3, 0.4) is 0 Å². The fraction of sp³-hybridized carbons (Fsp3) is 0.143. The lowest BCUT2D eigenvalue weighted by atomic mass is 10.2. The number of rotatable bonds is 3. The van der Waals surface area contributed by atoms with Crippen molar-refractivity contribution < 1.29 is 18.0 Å². The standard InChI is InChI=1S/C14H12F2N2O2/c1-8-5-11(9(2)20-8)14(19)18-17-7-10-3-4-12(15)13(16)6-10/h3-7H,1-2H3,(H,18,19)/b17-7-. The van der Waals surface area contributed by atoms with Crippen LogP contribution in [0.25, 0.3) is 0 Å². The highest BCUT2D eigenvalue weighted by atomic mass is 19.2.